The van der Waals surface area contributed by atoms with E-state index in [4.69, 9.17) is 10.5 Å². The molecule has 1 aromatic carbocycles. The fourth-order valence-corrected chi connectivity index (χ4v) is 3.14. The summed E-state index contributed by atoms with van der Waals surface area (Å²) < 4.78 is 5.41. The van der Waals surface area contributed by atoms with Crippen LogP contribution in [0.5, 0.6) is 0 Å². The van der Waals surface area contributed by atoms with Crippen LogP contribution in [0.3, 0.4) is 0 Å². The van der Waals surface area contributed by atoms with Gasteiger partial charge in [0.05, 0.1) is 18.6 Å². The predicted octanol–water partition coefficient (Wildman–Crippen LogP) is 1.33. The molecule has 1 saturated heterocycles. The minimum Gasteiger partial charge on any atom is -0.379 e. The summed E-state index contributed by atoms with van der Waals surface area (Å²) in [6, 6.07) is 8.19. The highest BCUT2D eigenvalue weighted by Gasteiger charge is 2.46. The summed E-state index contributed by atoms with van der Waals surface area (Å²) in [6.07, 6.45) is 2.05. The van der Waals surface area contributed by atoms with Crippen LogP contribution < -0.4 is 5.73 Å². The van der Waals surface area contributed by atoms with Gasteiger partial charge in [-0.05, 0) is 30.9 Å². The Morgan fingerprint density at radius 3 is 2.85 bits per heavy atom. The molecule has 108 valence electrons. The van der Waals surface area contributed by atoms with Gasteiger partial charge >= 0.3 is 0 Å². The van der Waals surface area contributed by atoms with Gasteiger partial charge in [-0.3, -0.25) is 4.79 Å². The first-order valence-corrected chi connectivity index (χ1v) is 7.31. The number of hydrogen-bond donors (Lipinski definition) is 1. The Hall–Kier alpha value is -1.39. The summed E-state index contributed by atoms with van der Waals surface area (Å²) in [4.78, 5) is 14.8. The van der Waals surface area contributed by atoms with Gasteiger partial charge in [0.2, 0.25) is 5.91 Å². The number of aryl methyl sites for hydroxylation is 1. The van der Waals surface area contributed by atoms with Gasteiger partial charge in [-0.2, -0.15) is 0 Å². The molecular weight excluding hydrogens is 252 g/mol. The zero-order chi connectivity index (χ0) is 14.2. The predicted molar refractivity (Wildman–Crippen MR) is 77.1 cm³/mol. The van der Waals surface area contributed by atoms with Gasteiger partial charge in [0.1, 0.15) is 0 Å². The molecule has 1 amide bonds. The van der Waals surface area contributed by atoms with Gasteiger partial charge < -0.3 is 15.4 Å². The third kappa shape index (κ3) is 2.23. The maximum absolute atomic E-state index is 12.9. The van der Waals surface area contributed by atoms with E-state index >= 15 is 0 Å². The first-order chi connectivity index (χ1) is 9.61. The Bertz CT molecular complexity index is 517. The largest absolute Gasteiger partial charge is 0.379 e. The molecule has 2 aliphatic rings. The molecule has 2 unspecified atom stereocenters. The van der Waals surface area contributed by atoms with Crippen LogP contribution in [0.1, 0.15) is 24.5 Å². The van der Waals surface area contributed by atoms with Crippen LogP contribution in [0, 0.1) is 5.41 Å². The first kappa shape index (κ1) is 13.6. The molecule has 0 aliphatic carbocycles. The fraction of sp³-hybridized carbons (Fsp3) is 0.562. The van der Waals surface area contributed by atoms with Crippen LogP contribution in [-0.4, -0.2) is 36.6 Å². The molecule has 0 spiro atoms. The molecule has 0 aromatic heterocycles. The maximum Gasteiger partial charge on any atom is 0.232 e. The van der Waals surface area contributed by atoms with E-state index < -0.39 is 5.41 Å². The lowest BCUT2D eigenvalue weighted by atomic mass is 9.84. The van der Waals surface area contributed by atoms with E-state index in [2.05, 4.69) is 18.2 Å². The summed E-state index contributed by atoms with van der Waals surface area (Å²) in [6.45, 7) is 4.34. The van der Waals surface area contributed by atoms with Gasteiger partial charge in [0.15, 0.2) is 0 Å². The third-order valence-electron chi connectivity index (χ3n) is 4.65. The van der Waals surface area contributed by atoms with Crippen molar-refractivity contribution in [3.8, 4) is 0 Å². The van der Waals surface area contributed by atoms with Crippen LogP contribution in [0.2, 0.25) is 0 Å². The number of rotatable bonds is 1. The summed E-state index contributed by atoms with van der Waals surface area (Å²) in [7, 11) is 0. The SMILES string of the molecule is CC1(C(=O)N2CCCc3ccccc3C2)COCC1N. The number of nitrogens with two attached hydrogens (primary N) is 1. The van der Waals surface area contributed by atoms with Crippen molar-refractivity contribution in [3.05, 3.63) is 35.4 Å². The van der Waals surface area contributed by atoms with Gasteiger partial charge in [-0.15, -0.1) is 0 Å². The molecular formula is C16H22N2O2. The zero-order valence-corrected chi connectivity index (χ0v) is 12.0. The van der Waals surface area contributed by atoms with Crippen molar-refractivity contribution < 1.29 is 9.53 Å². The Labute approximate surface area is 119 Å². The standard InChI is InChI=1S/C16H22N2O2/c1-16(11-20-10-14(16)17)15(19)18-8-4-7-12-5-2-3-6-13(12)9-18/h2-3,5-6,14H,4,7-11,17H2,1H3. The third-order valence-corrected chi connectivity index (χ3v) is 4.65. The lowest BCUT2D eigenvalue weighted by Gasteiger charge is -2.32. The smallest absolute Gasteiger partial charge is 0.232 e. The van der Waals surface area contributed by atoms with Crippen LogP contribution in [-0.2, 0) is 22.5 Å². The van der Waals surface area contributed by atoms with Crippen molar-refractivity contribution >= 4 is 5.91 Å². The van der Waals surface area contributed by atoms with Gasteiger partial charge in [0, 0.05) is 19.1 Å². The fourth-order valence-electron chi connectivity index (χ4n) is 3.14. The van der Waals surface area contributed by atoms with E-state index in [9.17, 15) is 4.79 Å². The summed E-state index contributed by atoms with van der Waals surface area (Å²) >= 11 is 0. The minimum atomic E-state index is -0.570. The molecule has 0 bridgehead atoms. The van der Waals surface area contributed by atoms with Gasteiger partial charge in [-0.25, -0.2) is 0 Å². The van der Waals surface area contributed by atoms with E-state index in [0.717, 1.165) is 19.4 Å². The second-order valence-electron chi connectivity index (χ2n) is 6.14. The number of amides is 1. The van der Waals surface area contributed by atoms with Crippen molar-refractivity contribution in [1.29, 1.82) is 0 Å². The molecule has 3 rings (SSSR count). The molecule has 1 aromatic rings. The molecule has 4 heteroatoms. The summed E-state index contributed by atoms with van der Waals surface area (Å²) in [5, 5.41) is 0. The zero-order valence-electron chi connectivity index (χ0n) is 12.0. The van der Waals surface area contributed by atoms with E-state index in [-0.39, 0.29) is 11.9 Å². The Balaban J connectivity index is 1.83. The van der Waals surface area contributed by atoms with Crippen molar-refractivity contribution in [2.75, 3.05) is 19.8 Å². The van der Waals surface area contributed by atoms with E-state index in [1.165, 1.54) is 11.1 Å². The van der Waals surface area contributed by atoms with E-state index in [1.54, 1.807) is 0 Å². The number of ether oxygens (including phenoxy) is 1. The van der Waals surface area contributed by atoms with Crippen LogP contribution in [0.4, 0.5) is 0 Å². The first-order valence-electron chi connectivity index (χ1n) is 7.31. The second kappa shape index (κ2) is 5.19. The molecule has 2 heterocycles. The average Bonchev–Trinajstić information content (AvgIpc) is 2.68. The molecule has 2 N–H and O–H groups in total. The summed E-state index contributed by atoms with van der Waals surface area (Å²) in [5.41, 5.74) is 8.13. The molecule has 4 nitrogen and oxygen atoms in total. The number of nitrogens with zero attached hydrogens (tertiary/aromatic N) is 1. The van der Waals surface area contributed by atoms with Crippen molar-refractivity contribution in [2.24, 2.45) is 11.1 Å². The topological polar surface area (TPSA) is 55.6 Å². The minimum absolute atomic E-state index is 0.138. The number of benzene rings is 1. The Morgan fingerprint density at radius 2 is 2.15 bits per heavy atom. The molecule has 20 heavy (non-hydrogen) atoms. The number of hydrogen-bond acceptors (Lipinski definition) is 3. The van der Waals surface area contributed by atoms with Crippen molar-refractivity contribution in [3.63, 3.8) is 0 Å². The quantitative estimate of drug-likeness (QED) is 0.840. The Morgan fingerprint density at radius 1 is 1.40 bits per heavy atom. The van der Waals surface area contributed by atoms with Crippen LogP contribution >= 0.6 is 0 Å². The highest BCUT2D eigenvalue weighted by Crippen LogP contribution is 2.31. The lowest BCUT2D eigenvalue weighted by molar-refractivity contribution is -0.142. The average molecular weight is 274 g/mol. The van der Waals surface area contributed by atoms with Gasteiger partial charge in [0.25, 0.3) is 0 Å². The van der Waals surface area contributed by atoms with E-state index in [0.29, 0.717) is 19.8 Å². The van der Waals surface area contributed by atoms with E-state index in [1.807, 2.05) is 17.9 Å². The van der Waals surface area contributed by atoms with Crippen LogP contribution in [0.15, 0.2) is 24.3 Å². The van der Waals surface area contributed by atoms with Gasteiger partial charge in [-0.1, -0.05) is 24.3 Å². The molecule has 0 saturated carbocycles. The highest BCUT2D eigenvalue weighted by molar-refractivity contribution is 5.83. The monoisotopic (exact) mass is 274 g/mol. The summed E-state index contributed by atoms with van der Waals surface area (Å²) in [5.74, 6) is 0.138. The number of carbonyl (C=O) groups is 1. The molecule has 1 fully saturated rings. The van der Waals surface area contributed by atoms with Crippen LogP contribution in [0.25, 0.3) is 0 Å². The molecule has 0 radical (unpaired) electrons. The van der Waals surface area contributed by atoms with Crippen molar-refractivity contribution in [2.45, 2.75) is 32.4 Å². The second-order valence-corrected chi connectivity index (χ2v) is 6.14. The normalized spacial score (nSPS) is 29.9. The Kier molecular flexibility index (Phi) is 3.52. The highest BCUT2D eigenvalue weighted by atomic mass is 16.5. The number of fused-ring (bicyclic) bond motifs is 1. The lowest BCUT2D eigenvalue weighted by Crippen LogP contribution is -2.51. The molecule has 2 aliphatic heterocycles. The maximum atomic E-state index is 12.9. The molecule has 2 atom stereocenters. The van der Waals surface area contributed by atoms with Crippen molar-refractivity contribution in [1.82, 2.24) is 4.90 Å². The number of carbonyl (C=O) groups excluding carboxylic acids is 1.